The van der Waals surface area contributed by atoms with Gasteiger partial charge in [0.2, 0.25) is 0 Å². The molecule has 0 saturated carbocycles. The van der Waals surface area contributed by atoms with Crippen LogP contribution in [0.15, 0.2) is 30.3 Å². The second-order valence-electron chi connectivity index (χ2n) is 3.44. The fourth-order valence-electron chi connectivity index (χ4n) is 1.26. The molecule has 0 aliphatic carbocycles. The predicted molar refractivity (Wildman–Crippen MR) is 63.7 cm³/mol. The average molecular weight is 257 g/mol. The SMILES string of the molecule is CC(CCCBr)OCc1ccccc1. The molecule has 1 atom stereocenters. The molecule has 1 rings (SSSR count). The van der Waals surface area contributed by atoms with Gasteiger partial charge in [-0.3, -0.25) is 0 Å². The zero-order valence-corrected chi connectivity index (χ0v) is 10.2. The highest BCUT2D eigenvalue weighted by atomic mass is 79.9. The van der Waals surface area contributed by atoms with E-state index in [0.717, 1.165) is 18.4 Å². The maximum absolute atomic E-state index is 5.71. The van der Waals surface area contributed by atoms with Gasteiger partial charge in [0, 0.05) is 5.33 Å². The van der Waals surface area contributed by atoms with Gasteiger partial charge in [-0.1, -0.05) is 46.3 Å². The van der Waals surface area contributed by atoms with Gasteiger partial charge in [0.1, 0.15) is 0 Å². The van der Waals surface area contributed by atoms with E-state index >= 15 is 0 Å². The van der Waals surface area contributed by atoms with Gasteiger partial charge in [-0.25, -0.2) is 0 Å². The van der Waals surface area contributed by atoms with Crippen molar-refractivity contribution in [2.45, 2.75) is 32.5 Å². The molecule has 0 amide bonds. The van der Waals surface area contributed by atoms with Gasteiger partial charge in [0.15, 0.2) is 0 Å². The van der Waals surface area contributed by atoms with Crippen LogP contribution in [0, 0.1) is 0 Å². The first-order valence-electron chi connectivity index (χ1n) is 5.04. The van der Waals surface area contributed by atoms with Crippen molar-refractivity contribution in [2.75, 3.05) is 5.33 Å². The van der Waals surface area contributed by atoms with Crippen LogP contribution < -0.4 is 0 Å². The van der Waals surface area contributed by atoms with E-state index in [1.165, 1.54) is 12.0 Å². The van der Waals surface area contributed by atoms with Crippen LogP contribution in [-0.2, 0) is 11.3 Å². The molecule has 1 aromatic rings. The first-order valence-corrected chi connectivity index (χ1v) is 6.16. The molecule has 0 heterocycles. The molecule has 1 aromatic carbocycles. The van der Waals surface area contributed by atoms with Crippen LogP contribution in [0.4, 0.5) is 0 Å². The monoisotopic (exact) mass is 256 g/mol. The number of hydrogen-bond donors (Lipinski definition) is 0. The fourth-order valence-corrected chi connectivity index (χ4v) is 1.58. The molecule has 0 aliphatic rings. The van der Waals surface area contributed by atoms with E-state index in [1.807, 2.05) is 18.2 Å². The first kappa shape index (κ1) is 11.7. The summed E-state index contributed by atoms with van der Waals surface area (Å²) in [5.74, 6) is 0. The molecular formula is C12H17BrO. The smallest absolute Gasteiger partial charge is 0.0720 e. The van der Waals surface area contributed by atoms with Crippen molar-refractivity contribution >= 4 is 15.9 Å². The molecule has 78 valence electrons. The number of alkyl halides is 1. The van der Waals surface area contributed by atoms with E-state index < -0.39 is 0 Å². The predicted octanol–water partition coefficient (Wildman–Crippen LogP) is 3.77. The summed E-state index contributed by atoms with van der Waals surface area (Å²) in [5.41, 5.74) is 1.25. The zero-order valence-electron chi connectivity index (χ0n) is 8.58. The van der Waals surface area contributed by atoms with Gasteiger partial charge < -0.3 is 4.74 Å². The topological polar surface area (TPSA) is 9.23 Å². The number of rotatable bonds is 6. The summed E-state index contributed by atoms with van der Waals surface area (Å²) in [4.78, 5) is 0. The standard InChI is InChI=1S/C12H17BrO/c1-11(6-5-9-13)14-10-12-7-3-2-4-8-12/h2-4,7-8,11H,5-6,9-10H2,1H3. The minimum absolute atomic E-state index is 0.354. The van der Waals surface area contributed by atoms with Gasteiger partial charge in [-0.05, 0) is 25.3 Å². The number of ether oxygens (including phenoxy) is 1. The molecule has 0 bridgehead atoms. The lowest BCUT2D eigenvalue weighted by Crippen LogP contribution is -2.08. The zero-order chi connectivity index (χ0) is 10.2. The van der Waals surface area contributed by atoms with E-state index in [9.17, 15) is 0 Å². The van der Waals surface area contributed by atoms with E-state index in [-0.39, 0.29) is 0 Å². The second-order valence-corrected chi connectivity index (χ2v) is 4.23. The van der Waals surface area contributed by atoms with Crippen LogP contribution in [0.3, 0.4) is 0 Å². The van der Waals surface area contributed by atoms with E-state index in [0.29, 0.717) is 6.10 Å². The molecule has 14 heavy (non-hydrogen) atoms. The number of benzene rings is 1. The van der Waals surface area contributed by atoms with Crippen molar-refractivity contribution < 1.29 is 4.74 Å². The van der Waals surface area contributed by atoms with Crippen molar-refractivity contribution in [2.24, 2.45) is 0 Å². The molecule has 1 unspecified atom stereocenters. The van der Waals surface area contributed by atoms with Gasteiger partial charge in [0.25, 0.3) is 0 Å². The van der Waals surface area contributed by atoms with Gasteiger partial charge >= 0.3 is 0 Å². The molecule has 2 heteroatoms. The molecule has 0 spiro atoms. The summed E-state index contributed by atoms with van der Waals surface area (Å²) in [6.45, 7) is 2.86. The molecule has 0 saturated heterocycles. The molecule has 0 radical (unpaired) electrons. The Kier molecular flexibility index (Phi) is 5.88. The Labute approximate surface area is 94.6 Å². The molecule has 0 N–H and O–H groups in total. The highest BCUT2D eigenvalue weighted by Gasteiger charge is 2.01. The highest BCUT2D eigenvalue weighted by Crippen LogP contribution is 2.07. The van der Waals surface area contributed by atoms with Crippen LogP contribution in [0.5, 0.6) is 0 Å². The minimum atomic E-state index is 0.354. The van der Waals surface area contributed by atoms with Crippen molar-refractivity contribution in [1.82, 2.24) is 0 Å². The third kappa shape index (κ3) is 4.77. The number of hydrogen-bond acceptors (Lipinski definition) is 1. The minimum Gasteiger partial charge on any atom is -0.374 e. The van der Waals surface area contributed by atoms with Gasteiger partial charge in [-0.2, -0.15) is 0 Å². The van der Waals surface area contributed by atoms with Gasteiger partial charge in [-0.15, -0.1) is 0 Å². The molecular weight excluding hydrogens is 240 g/mol. The second kappa shape index (κ2) is 7.02. The number of halogens is 1. The van der Waals surface area contributed by atoms with Crippen molar-refractivity contribution in [3.05, 3.63) is 35.9 Å². The van der Waals surface area contributed by atoms with Crippen molar-refractivity contribution in [3.63, 3.8) is 0 Å². The van der Waals surface area contributed by atoms with Crippen LogP contribution in [0.1, 0.15) is 25.3 Å². The lowest BCUT2D eigenvalue weighted by Gasteiger charge is -2.11. The van der Waals surface area contributed by atoms with Gasteiger partial charge in [0.05, 0.1) is 12.7 Å². The molecule has 1 nitrogen and oxygen atoms in total. The van der Waals surface area contributed by atoms with Crippen LogP contribution in [0.2, 0.25) is 0 Å². The van der Waals surface area contributed by atoms with Crippen molar-refractivity contribution in [3.8, 4) is 0 Å². The largest absolute Gasteiger partial charge is 0.374 e. The quantitative estimate of drug-likeness (QED) is 0.705. The summed E-state index contributed by atoms with van der Waals surface area (Å²) >= 11 is 3.42. The normalized spacial score (nSPS) is 12.7. The van der Waals surface area contributed by atoms with Crippen LogP contribution in [0.25, 0.3) is 0 Å². The Morgan fingerprint density at radius 1 is 1.29 bits per heavy atom. The van der Waals surface area contributed by atoms with Crippen LogP contribution in [-0.4, -0.2) is 11.4 Å². The summed E-state index contributed by atoms with van der Waals surface area (Å²) in [6.07, 6.45) is 2.65. The first-order chi connectivity index (χ1) is 6.83. The highest BCUT2D eigenvalue weighted by molar-refractivity contribution is 9.09. The lowest BCUT2D eigenvalue weighted by atomic mass is 10.2. The Morgan fingerprint density at radius 3 is 2.64 bits per heavy atom. The van der Waals surface area contributed by atoms with E-state index in [2.05, 4.69) is 35.0 Å². The Balaban J connectivity index is 2.20. The Morgan fingerprint density at radius 2 is 2.00 bits per heavy atom. The van der Waals surface area contributed by atoms with E-state index in [1.54, 1.807) is 0 Å². The summed E-state index contributed by atoms with van der Waals surface area (Å²) in [7, 11) is 0. The third-order valence-corrected chi connectivity index (χ3v) is 2.68. The third-order valence-electron chi connectivity index (χ3n) is 2.12. The maximum atomic E-state index is 5.71. The molecule has 0 fully saturated rings. The maximum Gasteiger partial charge on any atom is 0.0720 e. The molecule has 0 aliphatic heterocycles. The summed E-state index contributed by atoms with van der Waals surface area (Å²) < 4.78 is 5.71. The van der Waals surface area contributed by atoms with Crippen molar-refractivity contribution in [1.29, 1.82) is 0 Å². The van der Waals surface area contributed by atoms with Crippen LogP contribution >= 0.6 is 15.9 Å². The molecule has 0 aromatic heterocycles. The lowest BCUT2D eigenvalue weighted by molar-refractivity contribution is 0.0474. The summed E-state index contributed by atoms with van der Waals surface area (Å²) in [5, 5.41) is 1.06. The Hall–Kier alpha value is -0.340. The fraction of sp³-hybridized carbons (Fsp3) is 0.500. The average Bonchev–Trinajstić information content (AvgIpc) is 2.25. The van der Waals surface area contributed by atoms with E-state index in [4.69, 9.17) is 4.74 Å². The Bertz CT molecular complexity index is 235. The summed E-state index contributed by atoms with van der Waals surface area (Å²) in [6, 6.07) is 10.3.